The summed E-state index contributed by atoms with van der Waals surface area (Å²) in [5.74, 6) is -1.21. The molecule has 0 bridgehead atoms. The number of carbonyl (C=O) groups excluding carboxylic acids is 4. The second-order valence-corrected chi connectivity index (χ2v) is 9.87. The third-order valence-electron chi connectivity index (χ3n) is 7.78. The van der Waals surface area contributed by atoms with Crippen LogP contribution in [-0.4, -0.2) is 89.9 Å². The van der Waals surface area contributed by atoms with Crippen molar-refractivity contribution >= 4 is 23.9 Å². The number of piperazine rings is 1. The predicted molar refractivity (Wildman–Crippen MR) is 125 cm³/mol. The molecule has 0 spiro atoms. The molecule has 34 heavy (non-hydrogen) atoms. The Morgan fingerprint density at radius 1 is 1.12 bits per heavy atom. The van der Waals surface area contributed by atoms with Gasteiger partial charge in [0.1, 0.15) is 6.04 Å². The maximum Gasteiger partial charge on any atom is 0.243 e. The zero-order valence-electron chi connectivity index (χ0n) is 19.5. The Bertz CT molecular complexity index is 976. The van der Waals surface area contributed by atoms with Gasteiger partial charge in [-0.3, -0.25) is 39.2 Å². The van der Waals surface area contributed by atoms with Crippen molar-refractivity contribution in [1.29, 1.82) is 0 Å². The van der Waals surface area contributed by atoms with Gasteiger partial charge in [-0.05, 0) is 42.5 Å². The van der Waals surface area contributed by atoms with Crippen LogP contribution in [-0.2, 0) is 32.3 Å². The summed E-state index contributed by atoms with van der Waals surface area (Å²) in [6, 6.07) is 5.20. The SMILES string of the molecule is O=CC(=O)C1c2c(CN3CCCC(N4CCNCC4)C3)cccc2CN1C1CCC(=O)NC1=O. The number of hydrogen-bond acceptors (Lipinski definition) is 8. The lowest BCUT2D eigenvalue weighted by Crippen LogP contribution is -2.54. The smallest absolute Gasteiger partial charge is 0.243 e. The van der Waals surface area contributed by atoms with E-state index in [2.05, 4.69) is 20.4 Å². The summed E-state index contributed by atoms with van der Waals surface area (Å²) in [5, 5.41) is 5.81. The number of ketones is 1. The standard InChI is InChI=1S/C25H33N5O4/c31-16-21(32)24-23-17(13-28-10-2-5-19(15-28)29-11-8-26-9-12-29)3-1-4-18(23)14-30(24)20-6-7-22(33)27-25(20)34/h1,3-4,16,19-20,24,26H,2,5-15H2,(H,27,33,34). The predicted octanol–water partition coefficient (Wildman–Crippen LogP) is -0.0139. The Kier molecular flexibility index (Phi) is 6.87. The number of carbonyl (C=O) groups is 4. The van der Waals surface area contributed by atoms with Gasteiger partial charge in [0.25, 0.3) is 0 Å². The molecule has 1 aromatic carbocycles. The molecule has 3 fully saturated rings. The van der Waals surface area contributed by atoms with Gasteiger partial charge in [-0.15, -0.1) is 0 Å². The average Bonchev–Trinajstić information content (AvgIpc) is 3.24. The van der Waals surface area contributed by atoms with Crippen molar-refractivity contribution in [3.63, 3.8) is 0 Å². The number of imide groups is 1. The van der Waals surface area contributed by atoms with Crippen molar-refractivity contribution < 1.29 is 19.2 Å². The van der Waals surface area contributed by atoms with Gasteiger partial charge in [0.2, 0.25) is 17.6 Å². The number of fused-ring (bicyclic) bond motifs is 1. The van der Waals surface area contributed by atoms with Crippen LogP contribution in [0, 0.1) is 0 Å². The molecule has 2 amide bonds. The van der Waals surface area contributed by atoms with E-state index >= 15 is 0 Å². The van der Waals surface area contributed by atoms with Gasteiger partial charge < -0.3 is 5.32 Å². The molecule has 4 aliphatic rings. The van der Waals surface area contributed by atoms with Crippen LogP contribution >= 0.6 is 0 Å². The van der Waals surface area contributed by atoms with Crippen LogP contribution in [0.2, 0.25) is 0 Å². The first-order valence-electron chi connectivity index (χ1n) is 12.4. The molecule has 9 nitrogen and oxygen atoms in total. The molecule has 0 saturated carbocycles. The molecule has 0 aromatic heterocycles. The summed E-state index contributed by atoms with van der Waals surface area (Å²) in [5.41, 5.74) is 2.90. The highest BCUT2D eigenvalue weighted by molar-refractivity contribution is 6.27. The first-order chi connectivity index (χ1) is 16.5. The third-order valence-corrected chi connectivity index (χ3v) is 7.78. The number of likely N-dealkylation sites (tertiary alicyclic amines) is 1. The van der Waals surface area contributed by atoms with Gasteiger partial charge in [-0.25, -0.2) is 0 Å². The van der Waals surface area contributed by atoms with Crippen LogP contribution in [0.1, 0.15) is 48.4 Å². The molecule has 3 unspecified atom stereocenters. The Morgan fingerprint density at radius 3 is 2.71 bits per heavy atom. The maximum absolute atomic E-state index is 12.9. The second-order valence-electron chi connectivity index (χ2n) is 9.87. The number of Topliss-reactive ketones (excluding diaryl/α,β-unsaturated/α-hetero) is 1. The Balaban J connectivity index is 1.38. The Morgan fingerprint density at radius 2 is 1.94 bits per heavy atom. The molecule has 0 aliphatic carbocycles. The van der Waals surface area contributed by atoms with Crippen molar-refractivity contribution in [3.05, 3.63) is 34.9 Å². The molecule has 1 aromatic rings. The van der Waals surface area contributed by atoms with Crippen LogP contribution < -0.4 is 10.6 Å². The van der Waals surface area contributed by atoms with Crippen molar-refractivity contribution in [2.45, 2.75) is 56.9 Å². The molecule has 3 saturated heterocycles. The zero-order chi connectivity index (χ0) is 23.7. The van der Waals surface area contributed by atoms with E-state index in [0.29, 0.717) is 25.3 Å². The summed E-state index contributed by atoms with van der Waals surface area (Å²) in [6.07, 6.45) is 3.31. The number of aldehydes is 1. The monoisotopic (exact) mass is 467 g/mol. The second kappa shape index (κ2) is 10.0. The Labute approximate surface area is 199 Å². The van der Waals surface area contributed by atoms with Crippen LogP contribution in [0.4, 0.5) is 0 Å². The highest BCUT2D eigenvalue weighted by Crippen LogP contribution is 2.40. The number of benzene rings is 1. The quantitative estimate of drug-likeness (QED) is 0.342. The van der Waals surface area contributed by atoms with Gasteiger partial charge >= 0.3 is 0 Å². The van der Waals surface area contributed by atoms with E-state index in [4.69, 9.17) is 0 Å². The fraction of sp³-hybridized carbons (Fsp3) is 0.600. The molecule has 0 radical (unpaired) electrons. The highest BCUT2D eigenvalue weighted by Gasteiger charge is 2.44. The summed E-state index contributed by atoms with van der Waals surface area (Å²) in [6.45, 7) is 7.37. The van der Waals surface area contributed by atoms with E-state index in [0.717, 1.165) is 68.9 Å². The number of amides is 2. The van der Waals surface area contributed by atoms with Gasteiger partial charge in [0.15, 0.2) is 6.29 Å². The van der Waals surface area contributed by atoms with E-state index in [1.54, 1.807) is 0 Å². The van der Waals surface area contributed by atoms with E-state index in [1.807, 2.05) is 23.1 Å². The first kappa shape index (κ1) is 23.3. The number of hydrogen-bond donors (Lipinski definition) is 2. The van der Waals surface area contributed by atoms with Crippen LogP contribution in [0.5, 0.6) is 0 Å². The number of piperidine rings is 2. The fourth-order valence-electron chi connectivity index (χ4n) is 6.17. The number of rotatable bonds is 6. The molecule has 2 N–H and O–H groups in total. The van der Waals surface area contributed by atoms with Crippen molar-refractivity contribution in [1.82, 2.24) is 25.3 Å². The fourth-order valence-corrected chi connectivity index (χ4v) is 6.17. The van der Waals surface area contributed by atoms with Gasteiger partial charge in [0.05, 0.1) is 6.04 Å². The zero-order valence-corrected chi connectivity index (χ0v) is 19.5. The summed E-state index contributed by atoms with van der Waals surface area (Å²) < 4.78 is 0. The average molecular weight is 468 g/mol. The molecular formula is C25H33N5O4. The van der Waals surface area contributed by atoms with E-state index in [-0.39, 0.29) is 18.2 Å². The van der Waals surface area contributed by atoms with E-state index in [9.17, 15) is 19.2 Å². The topological polar surface area (TPSA) is 102 Å². The minimum atomic E-state index is -0.776. The van der Waals surface area contributed by atoms with Crippen molar-refractivity contribution in [2.24, 2.45) is 0 Å². The lowest BCUT2D eigenvalue weighted by atomic mass is 9.93. The van der Waals surface area contributed by atoms with Crippen molar-refractivity contribution in [2.75, 3.05) is 39.3 Å². The molecule has 9 heteroatoms. The normalized spacial score (nSPS) is 29.0. The van der Waals surface area contributed by atoms with Gasteiger partial charge in [-0.2, -0.15) is 0 Å². The summed E-state index contributed by atoms with van der Waals surface area (Å²) in [7, 11) is 0. The third kappa shape index (κ3) is 4.57. The van der Waals surface area contributed by atoms with Crippen LogP contribution in [0.25, 0.3) is 0 Å². The summed E-state index contributed by atoms with van der Waals surface area (Å²) >= 11 is 0. The molecule has 3 atom stereocenters. The van der Waals surface area contributed by atoms with Crippen LogP contribution in [0.15, 0.2) is 18.2 Å². The van der Waals surface area contributed by atoms with Crippen molar-refractivity contribution in [3.8, 4) is 0 Å². The molecular weight excluding hydrogens is 434 g/mol. The van der Waals surface area contributed by atoms with Gasteiger partial charge in [0, 0.05) is 58.3 Å². The Hall–Kier alpha value is -2.46. The minimum Gasteiger partial charge on any atom is -0.314 e. The lowest BCUT2D eigenvalue weighted by Gasteiger charge is -2.41. The molecule has 4 aliphatic heterocycles. The largest absolute Gasteiger partial charge is 0.314 e. The molecule has 182 valence electrons. The minimum absolute atomic E-state index is 0.235. The highest BCUT2D eigenvalue weighted by atomic mass is 16.2. The lowest BCUT2D eigenvalue weighted by molar-refractivity contribution is -0.141. The molecule has 5 rings (SSSR count). The number of nitrogens with zero attached hydrogens (tertiary/aromatic N) is 3. The molecule has 4 heterocycles. The van der Waals surface area contributed by atoms with E-state index < -0.39 is 17.9 Å². The number of nitrogens with one attached hydrogen (secondary N) is 2. The van der Waals surface area contributed by atoms with Gasteiger partial charge in [-0.1, -0.05) is 18.2 Å². The maximum atomic E-state index is 12.9. The summed E-state index contributed by atoms with van der Waals surface area (Å²) in [4.78, 5) is 55.6. The van der Waals surface area contributed by atoms with E-state index in [1.165, 1.54) is 6.42 Å². The van der Waals surface area contributed by atoms with Crippen LogP contribution in [0.3, 0.4) is 0 Å². The first-order valence-corrected chi connectivity index (χ1v) is 12.4.